The van der Waals surface area contributed by atoms with Gasteiger partial charge in [-0.15, -0.1) is 0 Å². The fourth-order valence-electron chi connectivity index (χ4n) is 1.94. The van der Waals surface area contributed by atoms with Crippen molar-refractivity contribution in [1.82, 2.24) is 0 Å². The van der Waals surface area contributed by atoms with Gasteiger partial charge in [0.15, 0.2) is 0 Å². The monoisotopic (exact) mass is 378 g/mol. The molecule has 0 fully saturated rings. The van der Waals surface area contributed by atoms with Gasteiger partial charge in [-0.05, 0) is 42.0 Å². The van der Waals surface area contributed by atoms with Crippen LogP contribution < -0.4 is 15.8 Å². The molecule has 7 heteroatoms. The summed E-state index contributed by atoms with van der Waals surface area (Å²) >= 11 is 12.0. The summed E-state index contributed by atoms with van der Waals surface area (Å²) in [7, 11) is 0. The zero-order valence-corrected chi connectivity index (χ0v) is 14.7. The van der Waals surface area contributed by atoms with E-state index in [1.807, 2.05) is 0 Å². The van der Waals surface area contributed by atoms with Crippen LogP contribution in [0.15, 0.2) is 48.5 Å². The highest BCUT2D eigenvalue weighted by molar-refractivity contribution is 6.34. The van der Waals surface area contributed by atoms with E-state index in [9.17, 15) is 9.59 Å². The van der Waals surface area contributed by atoms with Gasteiger partial charge in [0.2, 0.25) is 11.8 Å². The van der Waals surface area contributed by atoms with E-state index in [4.69, 9.17) is 33.7 Å². The number of carbonyl (C=O) groups is 2. The molecule has 0 bridgehead atoms. The Kier molecular flexibility index (Phi) is 6.86. The number of halogens is 2. The van der Waals surface area contributed by atoms with E-state index in [1.54, 1.807) is 48.5 Å². The lowest BCUT2D eigenvalue weighted by Gasteiger charge is -2.11. The summed E-state index contributed by atoms with van der Waals surface area (Å²) in [5.74, 6) is -0.365. The number of benzene rings is 2. The summed E-state index contributed by atoms with van der Waals surface area (Å²) in [6.07, 6.45) is 3.01. The van der Waals surface area contributed by atoms with E-state index in [1.165, 1.54) is 6.08 Å². The number of hydrogen-bond acceptors (Lipinski definition) is 3. The Morgan fingerprint density at radius 3 is 2.68 bits per heavy atom. The molecule has 3 N–H and O–H groups in total. The summed E-state index contributed by atoms with van der Waals surface area (Å²) in [6, 6.07) is 11.9. The first-order chi connectivity index (χ1) is 12.0. The van der Waals surface area contributed by atoms with Crippen molar-refractivity contribution in [3.63, 3.8) is 0 Å². The summed E-state index contributed by atoms with van der Waals surface area (Å²) in [5.41, 5.74) is 6.19. The lowest BCUT2D eigenvalue weighted by Crippen LogP contribution is -2.15. The molecular formula is C18H16Cl2N2O3. The summed E-state index contributed by atoms with van der Waals surface area (Å²) < 4.78 is 5.47. The van der Waals surface area contributed by atoms with E-state index in [2.05, 4.69) is 5.32 Å². The highest BCUT2D eigenvalue weighted by atomic mass is 35.5. The van der Waals surface area contributed by atoms with Crippen molar-refractivity contribution in [3.8, 4) is 5.75 Å². The van der Waals surface area contributed by atoms with Crippen molar-refractivity contribution in [3.05, 3.63) is 64.1 Å². The zero-order valence-electron chi connectivity index (χ0n) is 13.2. The van der Waals surface area contributed by atoms with Crippen LogP contribution in [0, 0.1) is 0 Å². The quantitative estimate of drug-likeness (QED) is 0.716. The van der Waals surface area contributed by atoms with Gasteiger partial charge in [-0.1, -0.05) is 35.3 Å². The van der Waals surface area contributed by atoms with E-state index >= 15 is 0 Å². The molecule has 2 aromatic carbocycles. The lowest BCUT2D eigenvalue weighted by atomic mass is 10.2. The van der Waals surface area contributed by atoms with Crippen LogP contribution in [0.25, 0.3) is 6.08 Å². The SMILES string of the molecule is NC(=O)CCOc1ccccc1NC(=O)/C=C/c1cc(Cl)ccc1Cl. The Balaban J connectivity index is 2.04. The average molecular weight is 379 g/mol. The van der Waals surface area contributed by atoms with E-state index in [-0.39, 0.29) is 18.9 Å². The second-order valence-electron chi connectivity index (χ2n) is 5.05. The number of rotatable bonds is 7. The van der Waals surface area contributed by atoms with Crippen molar-refractivity contribution < 1.29 is 14.3 Å². The summed E-state index contributed by atoms with van der Waals surface area (Å²) in [5, 5.41) is 3.73. The molecule has 0 aliphatic rings. The van der Waals surface area contributed by atoms with Gasteiger partial charge in [0.25, 0.3) is 0 Å². The lowest BCUT2D eigenvalue weighted by molar-refractivity contribution is -0.118. The number of carbonyl (C=O) groups excluding carboxylic acids is 2. The van der Waals surface area contributed by atoms with Crippen molar-refractivity contribution >= 4 is 46.8 Å². The molecule has 0 unspecified atom stereocenters. The Hall–Kier alpha value is -2.50. The zero-order chi connectivity index (χ0) is 18.2. The third kappa shape index (κ3) is 6.14. The number of anilines is 1. The number of nitrogens with one attached hydrogen (secondary N) is 1. The number of nitrogens with two attached hydrogens (primary N) is 1. The van der Waals surface area contributed by atoms with Crippen LogP contribution in [0.1, 0.15) is 12.0 Å². The maximum absolute atomic E-state index is 12.1. The number of ether oxygens (including phenoxy) is 1. The van der Waals surface area contributed by atoms with Crippen LogP contribution in [0.2, 0.25) is 10.0 Å². The minimum atomic E-state index is -0.456. The molecule has 2 rings (SSSR count). The Bertz CT molecular complexity index is 807. The largest absolute Gasteiger partial charge is 0.491 e. The predicted molar refractivity (Wildman–Crippen MR) is 99.9 cm³/mol. The maximum Gasteiger partial charge on any atom is 0.248 e. The van der Waals surface area contributed by atoms with Crippen LogP contribution in [-0.2, 0) is 9.59 Å². The van der Waals surface area contributed by atoms with Crippen LogP contribution in [0.5, 0.6) is 5.75 Å². The minimum Gasteiger partial charge on any atom is -0.491 e. The van der Waals surface area contributed by atoms with E-state index in [0.717, 1.165) is 0 Å². The van der Waals surface area contributed by atoms with Gasteiger partial charge in [-0.3, -0.25) is 9.59 Å². The second-order valence-corrected chi connectivity index (χ2v) is 5.89. The molecule has 0 saturated heterocycles. The molecule has 0 radical (unpaired) electrons. The molecular weight excluding hydrogens is 363 g/mol. The second kappa shape index (κ2) is 9.11. The molecule has 2 amide bonds. The molecule has 130 valence electrons. The number of primary amides is 1. The third-order valence-corrected chi connectivity index (χ3v) is 3.70. The molecule has 0 spiro atoms. The minimum absolute atomic E-state index is 0.0927. The Morgan fingerprint density at radius 1 is 1.16 bits per heavy atom. The van der Waals surface area contributed by atoms with Crippen molar-refractivity contribution in [2.45, 2.75) is 6.42 Å². The van der Waals surface area contributed by atoms with Crippen LogP contribution in [-0.4, -0.2) is 18.4 Å². The predicted octanol–water partition coefficient (Wildman–Crippen LogP) is 3.90. The smallest absolute Gasteiger partial charge is 0.248 e. The molecule has 0 saturated carbocycles. The standard InChI is InChI=1S/C18H16Cl2N2O3/c19-13-6-7-14(20)12(11-13)5-8-18(24)22-15-3-1-2-4-16(15)25-10-9-17(21)23/h1-8,11H,9-10H2,(H2,21,23)(H,22,24)/b8-5+. The first-order valence-electron chi connectivity index (χ1n) is 7.40. The fraction of sp³-hybridized carbons (Fsp3) is 0.111. The topological polar surface area (TPSA) is 81.4 Å². The highest BCUT2D eigenvalue weighted by Gasteiger charge is 2.06. The summed E-state index contributed by atoms with van der Waals surface area (Å²) in [4.78, 5) is 22.9. The van der Waals surface area contributed by atoms with Gasteiger partial charge < -0.3 is 15.8 Å². The van der Waals surface area contributed by atoms with Crippen LogP contribution >= 0.6 is 23.2 Å². The maximum atomic E-state index is 12.1. The third-order valence-electron chi connectivity index (χ3n) is 3.12. The highest BCUT2D eigenvalue weighted by Crippen LogP contribution is 2.24. The Morgan fingerprint density at radius 2 is 1.92 bits per heavy atom. The van der Waals surface area contributed by atoms with Crippen molar-refractivity contribution in [2.24, 2.45) is 5.73 Å². The van der Waals surface area contributed by atoms with Crippen molar-refractivity contribution in [1.29, 1.82) is 0 Å². The van der Waals surface area contributed by atoms with Gasteiger partial charge >= 0.3 is 0 Å². The number of amides is 2. The molecule has 25 heavy (non-hydrogen) atoms. The summed E-state index contributed by atoms with van der Waals surface area (Å²) in [6.45, 7) is 0.135. The van der Waals surface area contributed by atoms with Gasteiger partial charge in [0.05, 0.1) is 18.7 Å². The van der Waals surface area contributed by atoms with E-state index in [0.29, 0.717) is 27.0 Å². The fourth-order valence-corrected chi connectivity index (χ4v) is 2.30. The Labute approximate surface area is 155 Å². The number of para-hydroxylation sites is 2. The molecule has 0 atom stereocenters. The van der Waals surface area contributed by atoms with Crippen LogP contribution in [0.4, 0.5) is 5.69 Å². The first kappa shape index (κ1) is 18.8. The molecule has 5 nitrogen and oxygen atoms in total. The van der Waals surface area contributed by atoms with Gasteiger partial charge in [-0.25, -0.2) is 0 Å². The molecule has 0 aromatic heterocycles. The molecule has 0 aliphatic heterocycles. The molecule has 0 aliphatic carbocycles. The van der Waals surface area contributed by atoms with Gasteiger partial charge in [-0.2, -0.15) is 0 Å². The normalized spacial score (nSPS) is 10.6. The van der Waals surface area contributed by atoms with Gasteiger partial charge in [0.1, 0.15) is 5.75 Å². The molecule has 2 aromatic rings. The average Bonchev–Trinajstić information content (AvgIpc) is 2.57. The van der Waals surface area contributed by atoms with Gasteiger partial charge in [0, 0.05) is 16.1 Å². The number of hydrogen-bond donors (Lipinski definition) is 2. The van der Waals surface area contributed by atoms with Crippen molar-refractivity contribution in [2.75, 3.05) is 11.9 Å². The first-order valence-corrected chi connectivity index (χ1v) is 8.15. The molecule has 0 heterocycles. The van der Waals surface area contributed by atoms with Crippen LogP contribution in [0.3, 0.4) is 0 Å². The van der Waals surface area contributed by atoms with E-state index < -0.39 is 5.91 Å².